The number of piperidine rings is 1. The van der Waals surface area contributed by atoms with Crippen LogP contribution in [0.3, 0.4) is 0 Å². The third kappa shape index (κ3) is 9.15. The van der Waals surface area contributed by atoms with Crippen molar-refractivity contribution in [2.75, 3.05) is 53.4 Å². The summed E-state index contributed by atoms with van der Waals surface area (Å²) in [5.74, 6) is -0.286. The van der Waals surface area contributed by atoms with Gasteiger partial charge in [0.2, 0.25) is 0 Å². The molecule has 12 heteroatoms. The molecule has 0 radical (unpaired) electrons. The quantitative estimate of drug-likeness (QED) is 0.106. The van der Waals surface area contributed by atoms with E-state index in [0.29, 0.717) is 28.7 Å². The van der Waals surface area contributed by atoms with Crippen LogP contribution >= 0.6 is 23.2 Å². The monoisotopic (exact) mass is 680 g/mol. The average Bonchev–Trinajstić information content (AvgIpc) is 3.06. The van der Waals surface area contributed by atoms with Crippen LogP contribution in [-0.4, -0.2) is 96.7 Å². The zero-order valence-electron chi connectivity index (χ0n) is 26.9. The molecule has 1 aromatic heterocycles. The number of carbonyl (C=O) groups excluding carboxylic acids is 2. The SMILES string of the molecule is CO/N=C(\CN(C)C(=O)c1cc(Cl)cc(Cl)c1)C(CCN1CCC(N2CCCN(Cc3ccc[n+]([O-])c3)C2=O)CC1)c1ccccc1. The summed E-state index contributed by atoms with van der Waals surface area (Å²) in [5, 5.41) is 16.9. The van der Waals surface area contributed by atoms with Crippen molar-refractivity contribution < 1.29 is 19.2 Å². The zero-order chi connectivity index (χ0) is 33.3. The largest absolute Gasteiger partial charge is 0.619 e. The Morgan fingerprint density at radius 3 is 2.47 bits per heavy atom. The molecule has 1 unspecified atom stereocenters. The topological polar surface area (TPSA) is 95.6 Å². The molecule has 0 spiro atoms. The van der Waals surface area contributed by atoms with Gasteiger partial charge in [-0.2, -0.15) is 4.73 Å². The van der Waals surface area contributed by atoms with Gasteiger partial charge in [-0.25, -0.2) is 4.79 Å². The minimum Gasteiger partial charge on any atom is -0.619 e. The van der Waals surface area contributed by atoms with Crippen molar-refractivity contribution in [3.05, 3.63) is 105 Å². The van der Waals surface area contributed by atoms with Gasteiger partial charge in [0, 0.05) is 72.4 Å². The second-order valence-corrected chi connectivity index (χ2v) is 13.1. The molecule has 0 N–H and O–H groups in total. The Hall–Kier alpha value is -3.86. The minimum absolute atomic E-state index is 0.0549. The molecule has 10 nitrogen and oxygen atoms in total. The third-order valence-electron chi connectivity index (χ3n) is 8.95. The number of hydrogen-bond donors (Lipinski definition) is 0. The minimum atomic E-state index is -0.212. The molecule has 3 heterocycles. The Labute approximate surface area is 286 Å². The van der Waals surface area contributed by atoms with E-state index in [4.69, 9.17) is 28.0 Å². The van der Waals surface area contributed by atoms with Crippen molar-refractivity contribution >= 4 is 40.9 Å². The molecule has 2 aromatic carbocycles. The fourth-order valence-electron chi connectivity index (χ4n) is 6.61. The molecule has 0 aliphatic carbocycles. The fraction of sp³-hybridized carbons (Fsp3) is 0.429. The van der Waals surface area contributed by atoms with Crippen LogP contribution in [0.25, 0.3) is 0 Å². The number of hydrogen-bond acceptors (Lipinski definition) is 6. The Bertz CT molecular complexity index is 1530. The molecular formula is C35H42Cl2N6O4. The molecule has 0 bridgehead atoms. The summed E-state index contributed by atoms with van der Waals surface area (Å²) >= 11 is 12.3. The number of amides is 3. The molecule has 3 amide bonds. The molecule has 0 saturated carbocycles. The molecule has 2 aliphatic heterocycles. The van der Waals surface area contributed by atoms with Crippen LogP contribution in [0.15, 0.2) is 78.2 Å². The summed E-state index contributed by atoms with van der Waals surface area (Å²) in [6.07, 6.45) is 6.49. The molecule has 250 valence electrons. The van der Waals surface area contributed by atoms with Gasteiger partial charge >= 0.3 is 6.03 Å². The van der Waals surface area contributed by atoms with Gasteiger partial charge in [-0.05, 0) is 62.1 Å². The molecule has 2 saturated heterocycles. The number of nitrogens with zero attached hydrogens (tertiary/aromatic N) is 6. The number of pyridine rings is 1. The van der Waals surface area contributed by atoms with Gasteiger partial charge in [0.05, 0.1) is 18.8 Å². The van der Waals surface area contributed by atoms with Crippen molar-refractivity contribution in [1.29, 1.82) is 0 Å². The molecule has 2 fully saturated rings. The van der Waals surface area contributed by atoms with Crippen LogP contribution in [0.5, 0.6) is 0 Å². The number of oxime groups is 1. The first-order valence-corrected chi connectivity index (χ1v) is 16.8. The van der Waals surface area contributed by atoms with Crippen LogP contribution in [0.4, 0.5) is 4.79 Å². The summed E-state index contributed by atoms with van der Waals surface area (Å²) in [5.41, 5.74) is 3.09. The van der Waals surface area contributed by atoms with Gasteiger partial charge in [-0.15, -0.1) is 0 Å². The maximum Gasteiger partial charge on any atom is 0.320 e. The fourth-order valence-corrected chi connectivity index (χ4v) is 7.14. The van der Waals surface area contributed by atoms with E-state index in [2.05, 4.69) is 22.2 Å². The van der Waals surface area contributed by atoms with Gasteiger partial charge in [0.15, 0.2) is 12.4 Å². The summed E-state index contributed by atoms with van der Waals surface area (Å²) in [4.78, 5) is 40.0. The Morgan fingerprint density at radius 1 is 1.06 bits per heavy atom. The highest BCUT2D eigenvalue weighted by atomic mass is 35.5. The lowest BCUT2D eigenvalue weighted by Gasteiger charge is -2.43. The van der Waals surface area contributed by atoms with Gasteiger partial charge in [-0.1, -0.05) is 58.7 Å². The summed E-state index contributed by atoms with van der Waals surface area (Å²) in [6, 6.07) is 18.8. The van der Waals surface area contributed by atoms with Gasteiger partial charge in [0.1, 0.15) is 7.11 Å². The van der Waals surface area contributed by atoms with Crippen LogP contribution in [-0.2, 0) is 11.4 Å². The lowest BCUT2D eigenvalue weighted by atomic mass is 9.89. The van der Waals surface area contributed by atoms with E-state index < -0.39 is 0 Å². The first-order valence-electron chi connectivity index (χ1n) is 16.0. The van der Waals surface area contributed by atoms with Crippen LogP contribution in [0, 0.1) is 5.21 Å². The molecular weight excluding hydrogens is 639 g/mol. The zero-order valence-corrected chi connectivity index (χ0v) is 28.4. The summed E-state index contributed by atoms with van der Waals surface area (Å²) in [6.45, 7) is 4.77. The highest BCUT2D eigenvalue weighted by Crippen LogP contribution is 2.27. The Balaban J connectivity index is 1.20. The number of halogens is 2. The van der Waals surface area contributed by atoms with Gasteiger partial charge < -0.3 is 29.6 Å². The number of urea groups is 1. The lowest BCUT2D eigenvalue weighted by Crippen LogP contribution is -2.55. The second kappa shape index (κ2) is 16.3. The van der Waals surface area contributed by atoms with E-state index >= 15 is 0 Å². The Kier molecular flexibility index (Phi) is 12.0. The number of rotatable bonds is 12. The normalized spacial score (nSPS) is 17.1. The van der Waals surface area contributed by atoms with E-state index in [-0.39, 0.29) is 30.4 Å². The molecule has 3 aromatic rings. The molecule has 1 atom stereocenters. The van der Waals surface area contributed by atoms with Crippen LogP contribution < -0.4 is 4.73 Å². The van der Waals surface area contributed by atoms with Crippen molar-refractivity contribution in [2.24, 2.45) is 5.16 Å². The maximum atomic E-state index is 13.5. The number of benzene rings is 2. The summed E-state index contributed by atoms with van der Waals surface area (Å²) < 4.78 is 0.777. The molecule has 5 rings (SSSR count). The van der Waals surface area contributed by atoms with Crippen LogP contribution in [0.1, 0.15) is 53.1 Å². The predicted octanol–water partition coefficient (Wildman–Crippen LogP) is 5.67. The standard InChI is InChI=1S/C35H42Cl2N6O4/c1-39(34(44)28-20-29(36)22-30(37)21-28)25-33(38-47-2)32(27-9-4-3-5-10-27)13-19-40-17-11-31(12-18-40)43-16-7-14-41(35(43)45)23-26-8-6-15-42(46)24-26/h3-6,8-10,15,20-22,24,31-32H,7,11-14,16-19,23,25H2,1-2H3/b38-33+. The lowest BCUT2D eigenvalue weighted by molar-refractivity contribution is -0.605. The highest BCUT2D eigenvalue weighted by molar-refractivity contribution is 6.35. The smallest absolute Gasteiger partial charge is 0.320 e. The first-order chi connectivity index (χ1) is 22.7. The van der Waals surface area contributed by atoms with Gasteiger partial charge in [0.25, 0.3) is 5.91 Å². The summed E-state index contributed by atoms with van der Waals surface area (Å²) in [7, 11) is 3.26. The van der Waals surface area contributed by atoms with E-state index in [1.165, 1.54) is 19.5 Å². The number of aromatic nitrogens is 1. The van der Waals surface area contributed by atoms with Gasteiger partial charge in [-0.3, -0.25) is 4.79 Å². The highest BCUT2D eigenvalue weighted by Gasteiger charge is 2.34. The van der Waals surface area contributed by atoms with E-state index in [1.807, 2.05) is 34.1 Å². The average molecular weight is 682 g/mol. The molecule has 47 heavy (non-hydrogen) atoms. The van der Waals surface area contributed by atoms with E-state index in [0.717, 1.165) is 73.4 Å². The number of carbonyl (C=O) groups is 2. The second-order valence-electron chi connectivity index (χ2n) is 12.2. The van der Waals surface area contributed by atoms with E-state index in [9.17, 15) is 14.8 Å². The number of likely N-dealkylation sites (tertiary alicyclic amines) is 1. The van der Waals surface area contributed by atoms with Crippen molar-refractivity contribution in [3.63, 3.8) is 0 Å². The molecule has 2 aliphatic rings. The van der Waals surface area contributed by atoms with Crippen molar-refractivity contribution in [1.82, 2.24) is 19.6 Å². The maximum absolute atomic E-state index is 13.5. The van der Waals surface area contributed by atoms with Crippen LogP contribution in [0.2, 0.25) is 10.0 Å². The first kappa shape index (κ1) is 34.5. The van der Waals surface area contributed by atoms with Crippen molar-refractivity contribution in [3.8, 4) is 0 Å². The third-order valence-corrected chi connectivity index (χ3v) is 9.39. The predicted molar refractivity (Wildman–Crippen MR) is 184 cm³/mol. The Morgan fingerprint density at radius 2 is 1.79 bits per heavy atom. The van der Waals surface area contributed by atoms with E-state index in [1.54, 1.807) is 36.2 Å². The van der Waals surface area contributed by atoms with Crippen molar-refractivity contribution in [2.45, 2.75) is 44.2 Å².